The van der Waals surface area contributed by atoms with Gasteiger partial charge >= 0.3 is 0 Å². The molecular formula is C26H22N4O2. The Kier molecular flexibility index (Phi) is 4.38. The highest BCUT2D eigenvalue weighted by molar-refractivity contribution is 5.93. The molecule has 4 aromatic rings. The number of carbonyl (C=O) groups is 1. The Morgan fingerprint density at radius 1 is 0.906 bits per heavy atom. The van der Waals surface area contributed by atoms with Crippen LogP contribution in [0.3, 0.4) is 0 Å². The number of hydrogen-bond acceptors (Lipinski definition) is 4. The zero-order chi connectivity index (χ0) is 21.7. The molecule has 6 heteroatoms. The SMILES string of the molecule is O=C(c1cncnc1)N1C[C@H]2C[C@H](C1)c1ccc(-c3ccc4ccccc4c3)c(=O)n1C2. The smallest absolute Gasteiger partial charge is 0.258 e. The standard InChI is InChI=1S/C26H22N4O2/c31-25(22-11-27-16-28-12-22)29-13-17-9-21(15-29)24-8-7-23(26(32)30(24)14-17)20-6-5-18-3-1-2-4-19(18)10-20/h1-8,10-12,16-17,21H,9,13-15H2/t17-,21-/m1/s1. The molecule has 0 saturated carbocycles. The van der Waals surface area contributed by atoms with E-state index in [1.807, 2.05) is 33.7 Å². The number of likely N-dealkylation sites (tertiary alicyclic amines) is 1. The Hall–Kier alpha value is -3.80. The lowest BCUT2D eigenvalue weighted by molar-refractivity contribution is 0.0594. The lowest BCUT2D eigenvalue weighted by Gasteiger charge is -2.42. The van der Waals surface area contributed by atoms with Gasteiger partial charge in [0.05, 0.1) is 5.56 Å². The molecule has 6 nitrogen and oxygen atoms in total. The molecule has 2 aliphatic rings. The van der Waals surface area contributed by atoms with Crippen LogP contribution in [-0.4, -0.2) is 38.4 Å². The summed E-state index contributed by atoms with van der Waals surface area (Å²) >= 11 is 0. The quantitative estimate of drug-likeness (QED) is 0.494. The topological polar surface area (TPSA) is 68.1 Å². The van der Waals surface area contributed by atoms with Crippen LogP contribution in [0.15, 0.2) is 78.1 Å². The second kappa shape index (κ2) is 7.41. The fourth-order valence-corrected chi connectivity index (χ4v) is 5.28. The Balaban J connectivity index is 1.34. The average Bonchev–Trinajstić information content (AvgIpc) is 2.84. The minimum Gasteiger partial charge on any atom is -0.338 e. The number of hydrogen-bond donors (Lipinski definition) is 0. The van der Waals surface area contributed by atoms with Crippen molar-refractivity contribution in [2.45, 2.75) is 18.9 Å². The van der Waals surface area contributed by atoms with Crippen LogP contribution < -0.4 is 5.56 Å². The van der Waals surface area contributed by atoms with E-state index >= 15 is 0 Å². The van der Waals surface area contributed by atoms with Crippen LogP contribution >= 0.6 is 0 Å². The number of amides is 1. The number of fused-ring (bicyclic) bond motifs is 5. The van der Waals surface area contributed by atoms with Crippen molar-refractivity contribution in [1.29, 1.82) is 0 Å². The predicted molar refractivity (Wildman–Crippen MR) is 122 cm³/mol. The summed E-state index contributed by atoms with van der Waals surface area (Å²) in [5.41, 5.74) is 3.27. The highest BCUT2D eigenvalue weighted by Gasteiger charge is 2.37. The van der Waals surface area contributed by atoms with Gasteiger partial charge in [0.25, 0.3) is 11.5 Å². The van der Waals surface area contributed by atoms with Crippen molar-refractivity contribution in [1.82, 2.24) is 19.4 Å². The van der Waals surface area contributed by atoms with Gasteiger partial charge in [-0.2, -0.15) is 0 Å². The van der Waals surface area contributed by atoms with Crippen LogP contribution in [0, 0.1) is 5.92 Å². The number of benzene rings is 2. The molecule has 1 amide bonds. The maximum Gasteiger partial charge on any atom is 0.258 e. The molecule has 32 heavy (non-hydrogen) atoms. The molecule has 1 fully saturated rings. The molecule has 2 atom stereocenters. The van der Waals surface area contributed by atoms with Gasteiger partial charge in [0, 0.05) is 49.2 Å². The van der Waals surface area contributed by atoms with Crippen molar-refractivity contribution in [3.8, 4) is 11.1 Å². The molecular weight excluding hydrogens is 400 g/mol. The fraction of sp³-hybridized carbons (Fsp3) is 0.231. The normalized spacial score (nSPS) is 19.6. The molecule has 0 unspecified atom stereocenters. The van der Waals surface area contributed by atoms with Gasteiger partial charge in [-0.3, -0.25) is 9.59 Å². The van der Waals surface area contributed by atoms with Gasteiger partial charge in [-0.15, -0.1) is 0 Å². The summed E-state index contributed by atoms with van der Waals surface area (Å²) in [6.07, 6.45) is 5.56. The van der Waals surface area contributed by atoms with Gasteiger partial charge < -0.3 is 9.47 Å². The molecule has 0 N–H and O–H groups in total. The number of rotatable bonds is 2. The minimum absolute atomic E-state index is 0.0381. The lowest BCUT2D eigenvalue weighted by atomic mass is 9.82. The summed E-state index contributed by atoms with van der Waals surface area (Å²) in [6.45, 7) is 1.90. The number of aromatic nitrogens is 3. The first-order valence-electron chi connectivity index (χ1n) is 10.9. The Morgan fingerprint density at radius 2 is 1.72 bits per heavy atom. The summed E-state index contributed by atoms with van der Waals surface area (Å²) in [6, 6.07) is 18.4. The summed E-state index contributed by atoms with van der Waals surface area (Å²) in [7, 11) is 0. The Morgan fingerprint density at radius 3 is 2.56 bits per heavy atom. The van der Waals surface area contributed by atoms with Crippen LogP contribution in [0.4, 0.5) is 0 Å². The Labute approximate surface area is 185 Å². The maximum atomic E-state index is 13.5. The van der Waals surface area contributed by atoms with E-state index in [4.69, 9.17) is 0 Å². The third-order valence-electron chi connectivity index (χ3n) is 6.76. The molecule has 0 spiro atoms. The molecule has 2 bridgehead atoms. The highest BCUT2D eigenvalue weighted by Crippen LogP contribution is 2.36. The second-order valence-electron chi connectivity index (χ2n) is 8.79. The molecule has 2 aromatic carbocycles. The third kappa shape index (κ3) is 3.11. The number of nitrogens with zero attached hydrogens (tertiary/aromatic N) is 4. The second-order valence-corrected chi connectivity index (χ2v) is 8.79. The summed E-state index contributed by atoms with van der Waals surface area (Å²) < 4.78 is 1.94. The zero-order valence-corrected chi connectivity index (χ0v) is 17.5. The van der Waals surface area contributed by atoms with Gasteiger partial charge in [-0.25, -0.2) is 9.97 Å². The monoisotopic (exact) mass is 422 g/mol. The van der Waals surface area contributed by atoms with Crippen LogP contribution in [-0.2, 0) is 6.54 Å². The van der Waals surface area contributed by atoms with Crippen molar-refractivity contribution in [3.05, 3.63) is 94.9 Å². The van der Waals surface area contributed by atoms with Gasteiger partial charge in [0.1, 0.15) is 6.33 Å². The van der Waals surface area contributed by atoms with Gasteiger partial charge in [-0.05, 0) is 46.9 Å². The number of piperidine rings is 1. The first-order chi connectivity index (χ1) is 15.7. The zero-order valence-electron chi connectivity index (χ0n) is 17.5. The lowest BCUT2D eigenvalue weighted by Crippen LogP contribution is -2.49. The van der Waals surface area contributed by atoms with Crippen molar-refractivity contribution in [3.63, 3.8) is 0 Å². The van der Waals surface area contributed by atoms with Crippen molar-refractivity contribution >= 4 is 16.7 Å². The van der Waals surface area contributed by atoms with E-state index in [1.165, 1.54) is 6.33 Å². The first-order valence-corrected chi connectivity index (χ1v) is 10.9. The molecule has 6 rings (SSSR count). The van der Waals surface area contributed by atoms with Crippen molar-refractivity contribution in [2.24, 2.45) is 5.92 Å². The minimum atomic E-state index is -0.0381. The van der Waals surface area contributed by atoms with Gasteiger partial charge in [-0.1, -0.05) is 36.4 Å². The van der Waals surface area contributed by atoms with E-state index in [0.29, 0.717) is 25.2 Å². The van der Waals surface area contributed by atoms with Gasteiger partial charge in [0.2, 0.25) is 0 Å². The van der Waals surface area contributed by atoms with Crippen molar-refractivity contribution < 1.29 is 4.79 Å². The molecule has 0 aliphatic carbocycles. The molecule has 4 heterocycles. The molecule has 1 saturated heterocycles. The van der Waals surface area contributed by atoms with E-state index in [-0.39, 0.29) is 23.3 Å². The van der Waals surface area contributed by atoms with Crippen molar-refractivity contribution in [2.75, 3.05) is 13.1 Å². The van der Waals surface area contributed by atoms with E-state index in [0.717, 1.165) is 34.0 Å². The van der Waals surface area contributed by atoms with E-state index < -0.39 is 0 Å². The summed E-state index contributed by atoms with van der Waals surface area (Å²) in [4.78, 5) is 36.3. The number of pyridine rings is 1. The summed E-state index contributed by atoms with van der Waals surface area (Å²) in [5.74, 6) is 0.387. The van der Waals surface area contributed by atoms with Crippen LogP contribution in [0.1, 0.15) is 28.4 Å². The van der Waals surface area contributed by atoms with E-state index in [2.05, 4.69) is 40.3 Å². The molecule has 158 valence electrons. The molecule has 2 aliphatic heterocycles. The highest BCUT2D eigenvalue weighted by atomic mass is 16.2. The predicted octanol–water partition coefficient (Wildman–Crippen LogP) is 3.72. The fourth-order valence-electron chi connectivity index (χ4n) is 5.28. The van der Waals surface area contributed by atoms with Crippen LogP contribution in [0.25, 0.3) is 21.9 Å². The maximum absolute atomic E-state index is 13.5. The molecule has 2 aromatic heterocycles. The van der Waals surface area contributed by atoms with Crippen LogP contribution in [0.5, 0.6) is 0 Å². The van der Waals surface area contributed by atoms with E-state index in [9.17, 15) is 9.59 Å². The largest absolute Gasteiger partial charge is 0.338 e. The van der Waals surface area contributed by atoms with Gasteiger partial charge in [0.15, 0.2) is 0 Å². The van der Waals surface area contributed by atoms with E-state index in [1.54, 1.807) is 12.4 Å². The molecule has 0 radical (unpaired) electrons. The first kappa shape index (κ1) is 18.9. The Bertz CT molecular complexity index is 1400. The summed E-state index contributed by atoms with van der Waals surface area (Å²) in [5, 5.41) is 2.29. The number of carbonyl (C=O) groups excluding carboxylic acids is 1. The third-order valence-corrected chi connectivity index (χ3v) is 6.76. The average molecular weight is 422 g/mol. The van der Waals surface area contributed by atoms with Crippen LogP contribution in [0.2, 0.25) is 0 Å².